The molecule has 0 heterocycles. The number of esters is 1. The van der Waals surface area contributed by atoms with Crippen LogP contribution >= 0.6 is 11.6 Å². The van der Waals surface area contributed by atoms with Crippen LogP contribution in [0.2, 0.25) is 5.02 Å². The van der Waals surface area contributed by atoms with Gasteiger partial charge in [-0.1, -0.05) is 25.4 Å². The summed E-state index contributed by atoms with van der Waals surface area (Å²) in [5.41, 5.74) is -0.230. The van der Waals surface area contributed by atoms with E-state index in [0.717, 1.165) is 18.6 Å². The summed E-state index contributed by atoms with van der Waals surface area (Å²) in [6, 6.07) is 1.52. The van der Waals surface area contributed by atoms with Crippen molar-refractivity contribution in [2.24, 2.45) is 11.1 Å². The van der Waals surface area contributed by atoms with Gasteiger partial charge in [-0.25, -0.2) is 22.7 Å². The zero-order valence-electron chi connectivity index (χ0n) is 11.7. The Kier molecular flexibility index (Phi) is 6.12. The minimum Gasteiger partial charge on any atom is -0.462 e. The second kappa shape index (κ2) is 7.20. The number of hydrogen-bond acceptors (Lipinski definition) is 4. The van der Waals surface area contributed by atoms with Crippen LogP contribution in [0.15, 0.2) is 17.0 Å². The number of rotatable bonds is 6. The van der Waals surface area contributed by atoms with E-state index in [0.29, 0.717) is 12.3 Å². The SMILES string of the molecule is CC(C)CCCOC(=O)c1cc(S(N)(=O)=O)c(F)cc1Cl. The predicted molar refractivity (Wildman–Crippen MR) is 77.1 cm³/mol. The fourth-order valence-electron chi connectivity index (χ4n) is 1.64. The van der Waals surface area contributed by atoms with Crippen molar-refractivity contribution in [3.05, 3.63) is 28.5 Å². The van der Waals surface area contributed by atoms with Gasteiger partial charge in [0.1, 0.15) is 10.7 Å². The minimum atomic E-state index is -4.28. The quantitative estimate of drug-likeness (QED) is 0.638. The Morgan fingerprint density at radius 1 is 1.43 bits per heavy atom. The van der Waals surface area contributed by atoms with Gasteiger partial charge >= 0.3 is 5.97 Å². The zero-order valence-corrected chi connectivity index (χ0v) is 13.3. The standard InChI is InChI=1S/C13H17ClFNO4S/c1-8(2)4-3-5-20-13(17)9-6-12(21(16,18)19)11(15)7-10(9)14/h6-8H,3-5H2,1-2H3,(H2,16,18,19). The van der Waals surface area contributed by atoms with Crippen molar-refractivity contribution in [3.8, 4) is 0 Å². The van der Waals surface area contributed by atoms with Gasteiger partial charge in [-0.3, -0.25) is 0 Å². The molecule has 0 spiro atoms. The molecule has 21 heavy (non-hydrogen) atoms. The van der Waals surface area contributed by atoms with E-state index in [9.17, 15) is 17.6 Å². The highest BCUT2D eigenvalue weighted by Gasteiger charge is 2.21. The van der Waals surface area contributed by atoms with Crippen LogP contribution in [0.1, 0.15) is 37.0 Å². The van der Waals surface area contributed by atoms with Gasteiger partial charge < -0.3 is 4.74 Å². The van der Waals surface area contributed by atoms with Crippen LogP contribution in [0, 0.1) is 11.7 Å². The van der Waals surface area contributed by atoms with Crippen molar-refractivity contribution in [1.82, 2.24) is 0 Å². The van der Waals surface area contributed by atoms with Gasteiger partial charge in [0.2, 0.25) is 10.0 Å². The smallest absolute Gasteiger partial charge is 0.339 e. The Hall–Kier alpha value is -1.18. The number of ether oxygens (including phenoxy) is 1. The highest BCUT2D eigenvalue weighted by atomic mass is 35.5. The average molecular weight is 338 g/mol. The van der Waals surface area contributed by atoms with Gasteiger partial charge in [-0.05, 0) is 30.9 Å². The Morgan fingerprint density at radius 3 is 2.57 bits per heavy atom. The largest absolute Gasteiger partial charge is 0.462 e. The maximum absolute atomic E-state index is 13.5. The van der Waals surface area contributed by atoms with E-state index in [1.807, 2.05) is 13.8 Å². The molecule has 8 heteroatoms. The molecule has 0 atom stereocenters. The number of halogens is 2. The lowest BCUT2D eigenvalue weighted by Gasteiger charge is -2.09. The first-order chi connectivity index (χ1) is 9.62. The predicted octanol–water partition coefficient (Wildman–Crippen LogP) is 2.72. The second-order valence-corrected chi connectivity index (χ2v) is 6.92. The summed E-state index contributed by atoms with van der Waals surface area (Å²) in [5, 5.41) is 4.64. The highest BCUT2D eigenvalue weighted by molar-refractivity contribution is 7.89. The van der Waals surface area contributed by atoms with E-state index in [2.05, 4.69) is 0 Å². The average Bonchev–Trinajstić information content (AvgIpc) is 2.32. The van der Waals surface area contributed by atoms with Crippen molar-refractivity contribution in [3.63, 3.8) is 0 Å². The fourth-order valence-corrected chi connectivity index (χ4v) is 2.48. The third-order valence-corrected chi connectivity index (χ3v) is 3.95. The van der Waals surface area contributed by atoms with E-state index in [1.165, 1.54) is 0 Å². The molecule has 2 N–H and O–H groups in total. The number of sulfonamides is 1. The minimum absolute atomic E-state index is 0.176. The van der Waals surface area contributed by atoms with E-state index < -0.39 is 26.7 Å². The van der Waals surface area contributed by atoms with Crippen LogP contribution in [-0.2, 0) is 14.8 Å². The van der Waals surface area contributed by atoms with Crippen LogP contribution in [0.3, 0.4) is 0 Å². The lowest BCUT2D eigenvalue weighted by Crippen LogP contribution is -2.16. The first kappa shape index (κ1) is 17.9. The maximum atomic E-state index is 13.5. The molecule has 118 valence electrons. The van der Waals surface area contributed by atoms with Crippen molar-refractivity contribution in [2.45, 2.75) is 31.6 Å². The molecule has 0 bridgehead atoms. The molecule has 0 aliphatic rings. The molecule has 0 fully saturated rings. The number of hydrogen-bond donors (Lipinski definition) is 1. The van der Waals surface area contributed by atoms with Crippen molar-refractivity contribution >= 4 is 27.6 Å². The Labute approximate surface area is 128 Å². The molecule has 1 aromatic rings. The van der Waals surface area contributed by atoms with E-state index >= 15 is 0 Å². The number of primary sulfonamides is 1. The van der Waals surface area contributed by atoms with Gasteiger partial charge in [0, 0.05) is 0 Å². The Bertz CT molecular complexity index is 631. The van der Waals surface area contributed by atoms with Crippen molar-refractivity contribution in [1.29, 1.82) is 0 Å². The Balaban J connectivity index is 2.90. The molecular formula is C13H17ClFNO4S. The molecule has 0 saturated carbocycles. The summed E-state index contributed by atoms with van der Waals surface area (Å²) < 4.78 is 40.9. The summed E-state index contributed by atoms with van der Waals surface area (Å²) in [6.07, 6.45) is 1.55. The molecule has 0 aliphatic heterocycles. The van der Waals surface area contributed by atoms with E-state index in [-0.39, 0.29) is 17.2 Å². The summed E-state index contributed by atoms with van der Waals surface area (Å²) in [7, 11) is -4.28. The molecule has 0 aromatic heterocycles. The number of carbonyl (C=O) groups is 1. The van der Waals surface area contributed by atoms with Crippen molar-refractivity contribution < 1.29 is 22.3 Å². The van der Waals surface area contributed by atoms with Crippen LogP contribution in [-0.4, -0.2) is 21.0 Å². The Morgan fingerprint density at radius 2 is 2.05 bits per heavy atom. The molecule has 0 radical (unpaired) electrons. The second-order valence-electron chi connectivity index (χ2n) is 4.98. The lowest BCUT2D eigenvalue weighted by atomic mass is 10.1. The third kappa shape index (κ3) is 5.26. The van der Waals surface area contributed by atoms with Crippen LogP contribution in [0.4, 0.5) is 4.39 Å². The zero-order chi connectivity index (χ0) is 16.2. The fraction of sp³-hybridized carbons (Fsp3) is 0.462. The molecule has 5 nitrogen and oxygen atoms in total. The van der Waals surface area contributed by atoms with Gasteiger partial charge in [0.15, 0.2) is 0 Å². The normalized spacial score (nSPS) is 11.7. The topological polar surface area (TPSA) is 86.5 Å². The van der Waals surface area contributed by atoms with E-state index in [4.69, 9.17) is 21.5 Å². The monoisotopic (exact) mass is 337 g/mol. The molecular weight excluding hydrogens is 321 g/mol. The number of benzene rings is 1. The number of nitrogens with two attached hydrogens (primary N) is 1. The van der Waals surface area contributed by atoms with Gasteiger partial charge in [-0.2, -0.15) is 0 Å². The van der Waals surface area contributed by atoms with Crippen molar-refractivity contribution in [2.75, 3.05) is 6.61 Å². The van der Waals surface area contributed by atoms with Crippen LogP contribution < -0.4 is 5.14 Å². The first-order valence-electron chi connectivity index (χ1n) is 6.32. The van der Waals surface area contributed by atoms with Gasteiger partial charge in [-0.15, -0.1) is 0 Å². The summed E-state index contributed by atoms with van der Waals surface area (Å²) in [4.78, 5) is 11.0. The summed E-state index contributed by atoms with van der Waals surface area (Å²) in [5.74, 6) is -1.44. The highest BCUT2D eigenvalue weighted by Crippen LogP contribution is 2.24. The molecule has 0 aliphatic carbocycles. The maximum Gasteiger partial charge on any atom is 0.339 e. The van der Waals surface area contributed by atoms with E-state index in [1.54, 1.807) is 0 Å². The van der Waals surface area contributed by atoms with Gasteiger partial charge in [0.25, 0.3) is 0 Å². The summed E-state index contributed by atoms with van der Waals surface area (Å²) >= 11 is 5.73. The lowest BCUT2D eigenvalue weighted by molar-refractivity contribution is 0.0494. The van der Waals surface area contributed by atoms with Gasteiger partial charge in [0.05, 0.1) is 17.2 Å². The molecule has 0 saturated heterocycles. The molecule has 1 rings (SSSR count). The first-order valence-corrected chi connectivity index (χ1v) is 8.24. The van der Waals surface area contributed by atoms with Crippen LogP contribution in [0.5, 0.6) is 0 Å². The molecule has 1 aromatic carbocycles. The third-order valence-electron chi connectivity index (χ3n) is 2.71. The number of carbonyl (C=O) groups excluding carboxylic acids is 1. The molecule has 0 amide bonds. The summed E-state index contributed by atoms with van der Waals surface area (Å²) in [6.45, 7) is 4.25. The molecule has 0 unspecified atom stereocenters. The van der Waals surface area contributed by atoms with Crippen LogP contribution in [0.25, 0.3) is 0 Å².